The molecule has 0 saturated carbocycles. The number of fused-ring (bicyclic) bond motifs is 3. The summed E-state index contributed by atoms with van der Waals surface area (Å²) >= 11 is 1.51. The zero-order chi connectivity index (χ0) is 22.9. The molecule has 0 aliphatic carbocycles. The van der Waals surface area contributed by atoms with Gasteiger partial charge in [-0.05, 0) is 44.7 Å². The Bertz CT molecular complexity index is 1140. The third-order valence-corrected chi connectivity index (χ3v) is 7.48. The molecule has 5 rings (SSSR count). The minimum atomic E-state index is -0.749. The third-order valence-electron chi connectivity index (χ3n) is 6.59. The van der Waals surface area contributed by atoms with Gasteiger partial charge in [-0.1, -0.05) is 11.3 Å². The standard InChI is InChI=1S/C23H26F2N6OS/c1-13-29-30-23(33-13)15-4-14-5-16(26-12-21(14)27-11-15)8-22(32)31-19-2-3-20(31)7-17(6-19)28-18(9-24)10-25/h4-5,11-12,17-20,28H,2-3,6-10H2,1H3/t17?,19-,20+. The van der Waals surface area contributed by atoms with Gasteiger partial charge in [-0.15, -0.1) is 10.2 Å². The van der Waals surface area contributed by atoms with E-state index in [1.54, 1.807) is 12.4 Å². The highest BCUT2D eigenvalue weighted by Gasteiger charge is 2.43. The molecule has 0 aromatic carbocycles. The van der Waals surface area contributed by atoms with Gasteiger partial charge in [-0.3, -0.25) is 14.8 Å². The van der Waals surface area contributed by atoms with Crippen LogP contribution in [0, 0.1) is 6.92 Å². The number of piperidine rings is 1. The largest absolute Gasteiger partial charge is 0.336 e. The fraction of sp³-hybridized carbons (Fsp3) is 0.522. The number of carbonyl (C=O) groups is 1. The van der Waals surface area contributed by atoms with E-state index in [0.717, 1.165) is 52.2 Å². The van der Waals surface area contributed by atoms with Crippen molar-refractivity contribution in [2.45, 2.75) is 63.2 Å². The highest BCUT2D eigenvalue weighted by Crippen LogP contribution is 2.36. The summed E-state index contributed by atoms with van der Waals surface area (Å²) in [5.41, 5.74) is 2.36. The number of pyridine rings is 2. The maximum atomic E-state index is 13.2. The van der Waals surface area contributed by atoms with E-state index in [2.05, 4.69) is 25.5 Å². The van der Waals surface area contributed by atoms with Crippen LogP contribution in [0.25, 0.3) is 21.5 Å². The summed E-state index contributed by atoms with van der Waals surface area (Å²) in [6.07, 6.45) is 7.03. The van der Waals surface area contributed by atoms with Gasteiger partial charge in [0.1, 0.15) is 23.4 Å². The van der Waals surface area contributed by atoms with Crippen molar-refractivity contribution >= 4 is 28.1 Å². The lowest BCUT2D eigenvalue weighted by atomic mass is 9.96. The number of hydrogen-bond acceptors (Lipinski definition) is 7. The van der Waals surface area contributed by atoms with Crippen molar-refractivity contribution in [3.8, 4) is 10.6 Å². The van der Waals surface area contributed by atoms with Crippen molar-refractivity contribution in [1.82, 2.24) is 30.4 Å². The van der Waals surface area contributed by atoms with E-state index in [1.165, 1.54) is 11.3 Å². The Balaban J connectivity index is 1.29. The van der Waals surface area contributed by atoms with Crippen LogP contribution in [0.1, 0.15) is 36.4 Å². The molecule has 5 heterocycles. The number of hydrogen-bond donors (Lipinski definition) is 1. The smallest absolute Gasteiger partial charge is 0.229 e. The van der Waals surface area contributed by atoms with Crippen LogP contribution < -0.4 is 5.32 Å². The Kier molecular flexibility index (Phi) is 6.29. The topological polar surface area (TPSA) is 83.9 Å². The molecule has 0 radical (unpaired) electrons. The van der Waals surface area contributed by atoms with Gasteiger partial charge in [-0.25, -0.2) is 8.78 Å². The van der Waals surface area contributed by atoms with E-state index in [-0.39, 0.29) is 30.5 Å². The summed E-state index contributed by atoms with van der Waals surface area (Å²) in [4.78, 5) is 24.1. The molecule has 3 atom stereocenters. The highest BCUT2D eigenvalue weighted by molar-refractivity contribution is 7.14. The number of carbonyl (C=O) groups excluding carboxylic acids is 1. The van der Waals surface area contributed by atoms with Crippen LogP contribution >= 0.6 is 11.3 Å². The molecule has 1 N–H and O–H groups in total. The van der Waals surface area contributed by atoms with Crippen molar-refractivity contribution in [2.75, 3.05) is 13.3 Å². The zero-order valence-corrected chi connectivity index (χ0v) is 19.2. The van der Waals surface area contributed by atoms with Gasteiger partial charge in [0, 0.05) is 35.3 Å². The fourth-order valence-corrected chi connectivity index (χ4v) is 5.81. The number of nitrogens with zero attached hydrogens (tertiary/aromatic N) is 5. The van der Waals surface area contributed by atoms with E-state index >= 15 is 0 Å². The Morgan fingerprint density at radius 1 is 1.15 bits per heavy atom. The number of halogens is 2. The molecule has 1 unspecified atom stereocenters. The monoisotopic (exact) mass is 472 g/mol. The highest BCUT2D eigenvalue weighted by atomic mass is 32.1. The second kappa shape index (κ2) is 9.34. The predicted octanol–water partition coefficient (Wildman–Crippen LogP) is 3.42. The lowest BCUT2D eigenvalue weighted by molar-refractivity contribution is -0.135. The average molecular weight is 473 g/mol. The maximum Gasteiger partial charge on any atom is 0.229 e. The predicted molar refractivity (Wildman–Crippen MR) is 122 cm³/mol. The van der Waals surface area contributed by atoms with E-state index in [1.807, 2.05) is 24.0 Å². The quantitative estimate of drug-likeness (QED) is 0.567. The molecule has 2 aliphatic heterocycles. The van der Waals surface area contributed by atoms with E-state index in [9.17, 15) is 13.6 Å². The van der Waals surface area contributed by atoms with Gasteiger partial charge < -0.3 is 10.2 Å². The Morgan fingerprint density at radius 2 is 1.91 bits per heavy atom. The van der Waals surface area contributed by atoms with Crippen LogP contribution in [-0.4, -0.2) is 68.5 Å². The minimum absolute atomic E-state index is 0.0512. The summed E-state index contributed by atoms with van der Waals surface area (Å²) in [5.74, 6) is 0.0594. The summed E-state index contributed by atoms with van der Waals surface area (Å²) in [6, 6.07) is 3.45. The van der Waals surface area contributed by atoms with E-state index in [0.29, 0.717) is 5.69 Å². The van der Waals surface area contributed by atoms with Crippen LogP contribution in [0.3, 0.4) is 0 Å². The average Bonchev–Trinajstić information content (AvgIpc) is 3.37. The number of rotatable bonds is 7. The number of amides is 1. The molecule has 2 bridgehead atoms. The molecular formula is C23H26F2N6OS. The van der Waals surface area contributed by atoms with Crippen molar-refractivity contribution < 1.29 is 13.6 Å². The van der Waals surface area contributed by atoms with E-state index in [4.69, 9.17) is 0 Å². The normalized spacial score (nSPS) is 22.4. The van der Waals surface area contributed by atoms with Gasteiger partial charge in [0.2, 0.25) is 5.91 Å². The molecule has 33 heavy (non-hydrogen) atoms. The molecule has 3 aromatic rings. The van der Waals surface area contributed by atoms with E-state index < -0.39 is 19.4 Å². The number of aryl methyl sites for hydroxylation is 1. The molecule has 2 fully saturated rings. The van der Waals surface area contributed by atoms with Gasteiger partial charge >= 0.3 is 0 Å². The lowest BCUT2D eigenvalue weighted by Gasteiger charge is -2.40. The first-order chi connectivity index (χ1) is 16.0. The SMILES string of the molecule is Cc1nnc(-c2cnc3cnc(CC(=O)N4[C@@H]5CC[C@H]4CC(NC(CF)CF)C5)cc3c2)s1. The van der Waals surface area contributed by atoms with Crippen LogP contribution in [-0.2, 0) is 11.2 Å². The van der Waals surface area contributed by atoms with Crippen LogP contribution in [0.2, 0.25) is 0 Å². The number of aromatic nitrogens is 4. The molecule has 3 aromatic heterocycles. The van der Waals surface area contributed by atoms with Crippen LogP contribution in [0.15, 0.2) is 24.5 Å². The van der Waals surface area contributed by atoms with Crippen molar-refractivity contribution in [1.29, 1.82) is 0 Å². The third kappa shape index (κ3) is 4.59. The van der Waals surface area contributed by atoms with Crippen LogP contribution in [0.5, 0.6) is 0 Å². The first kappa shape index (κ1) is 22.2. The Hall–Kier alpha value is -2.59. The molecule has 2 aliphatic rings. The summed E-state index contributed by atoms with van der Waals surface area (Å²) in [6.45, 7) is 0.484. The molecule has 1 amide bonds. The fourth-order valence-electron chi connectivity index (χ4n) is 5.13. The van der Waals surface area contributed by atoms with Gasteiger partial charge in [-0.2, -0.15) is 0 Å². The summed E-state index contributed by atoms with van der Waals surface area (Å²) in [5, 5.41) is 14.0. The lowest BCUT2D eigenvalue weighted by Crippen LogP contribution is -2.54. The minimum Gasteiger partial charge on any atom is -0.336 e. The van der Waals surface area contributed by atoms with Gasteiger partial charge in [0.15, 0.2) is 0 Å². The Labute approximate surface area is 194 Å². The summed E-state index contributed by atoms with van der Waals surface area (Å²) < 4.78 is 25.8. The van der Waals surface area contributed by atoms with Gasteiger partial charge in [0.25, 0.3) is 0 Å². The van der Waals surface area contributed by atoms with Crippen molar-refractivity contribution in [2.24, 2.45) is 0 Å². The molecule has 7 nitrogen and oxygen atoms in total. The molecule has 10 heteroatoms. The first-order valence-corrected chi connectivity index (χ1v) is 12.1. The maximum absolute atomic E-state index is 13.2. The second-order valence-electron chi connectivity index (χ2n) is 8.92. The number of alkyl halides is 2. The molecule has 174 valence electrons. The Morgan fingerprint density at radius 3 is 2.58 bits per heavy atom. The summed E-state index contributed by atoms with van der Waals surface area (Å²) in [7, 11) is 0. The molecular weight excluding hydrogens is 446 g/mol. The first-order valence-electron chi connectivity index (χ1n) is 11.3. The van der Waals surface area contributed by atoms with Crippen molar-refractivity contribution in [3.63, 3.8) is 0 Å². The van der Waals surface area contributed by atoms with Crippen molar-refractivity contribution in [3.05, 3.63) is 35.2 Å². The molecule has 0 spiro atoms. The second-order valence-corrected chi connectivity index (χ2v) is 10.1. The molecule has 2 saturated heterocycles. The van der Waals surface area contributed by atoms with Crippen LogP contribution in [0.4, 0.5) is 8.78 Å². The number of nitrogens with one attached hydrogen (secondary N) is 1. The van der Waals surface area contributed by atoms with Gasteiger partial charge in [0.05, 0.1) is 29.9 Å². The zero-order valence-electron chi connectivity index (χ0n) is 18.4.